The van der Waals surface area contributed by atoms with Gasteiger partial charge in [-0.25, -0.2) is 4.68 Å². The summed E-state index contributed by atoms with van der Waals surface area (Å²) in [5, 5.41) is 12.4. The third kappa shape index (κ3) is 4.36. The zero-order chi connectivity index (χ0) is 22.0. The van der Waals surface area contributed by atoms with E-state index in [1.165, 1.54) is 11.8 Å². The minimum atomic E-state index is -0.460. The van der Waals surface area contributed by atoms with Gasteiger partial charge in [0.2, 0.25) is 11.1 Å². The Balaban J connectivity index is 1.66. The Bertz CT molecular complexity index is 1090. The van der Waals surface area contributed by atoms with Gasteiger partial charge in [-0.1, -0.05) is 48.5 Å². The molecule has 9 heteroatoms. The maximum Gasteiger partial charge on any atom is 0.240 e. The number of rotatable bonds is 6. The summed E-state index contributed by atoms with van der Waals surface area (Å²) >= 11 is 7.63. The van der Waals surface area contributed by atoms with E-state index in [0.29, 0.717) is 22.5 Å². The number of carbonyl (C=O) groups is 1. The number of aromatic nitrogens is 3. The Morgan fingerprint density at radius 2 is 2.00 bits per heavy atom. The fourth-order valence-corrected chi connectivity index (χ4v) is 4.74. The van der Waals surface area contributed by atoms with Crippen LogP contribution in [-0.2, 0) is 11.2 Å². The molecule has 1 aliphatic heterocycles. The van der Waals surface area contributed by atoms with Crippen LogP contribution in [0.1, 0.15) is 36.8 Å². The second kappa shape index (κ2) is 9.20. The van der Waals surface area contributed by atoms with E-state index < -0.39 is 5.25 Å². The molecule has 1 aromatic heterocycles. The Labute approximate surface area is 190 Å². The molecule has 2 N–H and O–H groups in total. The van der Waals surface area contributed by atoms with E-state index >= 15 is 0 Å². The van der Waals surface area contributed by atoms with Gasteiger partial charge in [0.1, 0.15) is 11.0 Å². The molecule has 7 nitrogen and oxygen atoms in total. The van der Waals surface area contributed by atoms with Crippen molar-refractivity contribution in [3.05, 3.63) is 64.4 Å². The van der Waals surface area contributed by atoms with Gasteiger partial charge in [-0.2, -0.15) is 0 Å². The summed E-state index contributed by atoms with van der Waals surface area (Å²) in [7, 11) is 0. The van der Waals surface area contributed by atoms with Gasteiger partial charge in [0.15, 0.2) is 5.82 Å². The van der Waals surface area contributed by atoms with Gasteiger partial charge >= 0.3 is 0 Å². The molecule has 0 saturated heterocycles. The van der Waals surface area contributed by atoms with E-state index in [-0.39, 0.29) is 11.9 Å². The second-order valence-electron chi connectivity index (χ2n) is 7.14. The number of fused-ring (bicyclic) bond motifs is 1. The topological polar surface area (TPSA) is 81.1 Å². The standard InChI is InChI=1S/C22H24ClN5O2S/c1-4-18-25-26-22-28(18)27-19(14-9-11-15(12-10-14)30-5-2)20(31-22)21(29)24-17-8-6-7-16(23)13(17)3/h6-12,19-20,27H,4-5H2,1-3H3,(H,24,29)/t19-,20+/m1/s1. The molecule has 2 aromatic carbocycles. The SMILES string of the molecule is CCOc1ccc([C@H]2Nn3c(CC)nnc3S[C@@H]2C(=O)Nc2cccc(Cl)c2C)cc1. The molecule has 4 rings (SSSR count). The van der Waals surface area contributed by atoms with Crippen molar-refractivity contribution in [1.82, 2.24) is 14.9 Å². The Morgan fingerprint density at radius 1 is 1.23 bits per heavy atom. The van der Waals surface area contributed by atoms with E-state index in [0.717, 1.165) is 29.1 Å². The van der Waals surface area contributed by atoms with Crippen molar-refractivity contribution in [2.24, 2.45) is 0 Å². The number of anilines is 1. The number of hydrogen-bond donors (Lipinski definition) is 2. The van der Waals surface area contributed by atoms with E-state index in [1.807, 2.05) is 61.8 Å². The van der Waals surface area contributed by atoms with Crippen LogP contribution in [0.5, 0.6) is 5.75 Å². The van der Waals surface area contributed by atoms with Gasteiger partial charge in [0, 0.05) is 17.1 Å². The molecule has 0 spiro atoms. The monoisotopic (exact) mass is 457 g/mol. The van der Waals surface area contributed by atoms with Gasteiger partial charge in [-0.3, -0.25) is 4.79 Å². The van der Waals surface area contributed by atoms with Gasteiger partial charge < -0.3 is 15.5 Å². The predicted octanol–water partition coefficient (Wildman–Crippen LogP) is 4.60. The molecule has 1 aliphatic rings. The van der Waals surface area contributed by atoms with E-state index in [4.69, 9.17) is 16.3 Å². The van der Waals surface area contributed by atoms with Crippen LogP contribution in [0.4, 0.5) is 5.69 Å². The van der Waals surface area contributed by atoms with Crippen molar-refractivity contribution < 1.29 is 9.53 Å². The summed E-state index contributed by atoms with van der Waals surface area (Å²) in [6, 6.07) is 13.0. The average Bonchev–Trinajstić information content (AvgIpc) is 3.19. The molecular weight excluding hydrogens is 434 g/mol. The highest BCUT2D eigenvalue weighted by atomic mass is 35.5. The minimum Gasteiger partial charge on any atom is -0.494 e. The molecule has 0 radical (unpaired) electrons. The fraction of sp³-hybridized carbons (Fsp3) is 0.318. The van der Waals surface area contributed by atoms with E-state index in [9.17, 15) is 4.79 Å². The highest BCUT2D eigenvalue weighted by molar-refractivity contribution is 8.00. The van der Waals surface area contributed by atoms with Crippen LogP contribution in [0.15, 0.2) is 47.6 Å². The fourth-order valence-electron chi connectivity index (χ4n) is 3.46. The zero-order valence-electron chi connectivity index (χ0n) is 17.6. The summed E-state index contributed by atoms with van der Waals surface area (Å²) in [5.41, 5.74) is 5.96. The van der Waals surface area contributed by atoms with Crippen LogP contribution >= 0.6 is 23.4 Å². The quantitative estimate of drug-likeness (QED) is 0.563. The highest BCUT2D eigenvalue weighted by Crippen LogP contribution is 2.38. The number of hydrogen-bond acceptors (Lipinski definition) is 6. The van der Waals surface area contributed by atoms with Crippen molar-refractivity contribution >= 4 is 35.0 Å². The molecule has 2 atom stereocenters. The van der Waals surface area contributed by atoms with Gasteiger partial charge in [-0.05, 0) is 49.2 Å². The third-order valence-electron chi connectivity index (χ3n) is 5.15. The number of halogens is 1. The molecule has 3 aromatic rings. The van der Waals surface area contributed by atoms with Crippen LogP contribution in [0.3, 0.4) is 0 Å². The summed E-state index contributed by atoms with van der Waals surface area (Å²) in [6.07, 6.45) is 0.731. The first-order valence-electron chi connectivity index (χ1n) is 10.2. The first kappa shape index (κ1) is 21.5. The summed E-state index contributed by atoms with van der Waals surface area (Å²) in [4.78, 5) is 13.4. The number of nitrogens with zero attached hydrogens (tertiary/aromatic N) is 3. The number of ether oxygens (including phenoxy) is 1. The lowest BCUT2D eigenvalue weighted by molar-refractivity contribution is -0.116. The Hall–Kier alpha value is -2.71. The summed E-state index contributed by atoms with van der Waals surface area (Å²) in [5.74, 6) is 1.49. The molecule has 2 heterocycles. The number of benzene rings is 2. The maximum absolute atomic E-state index is 13.4. The molecule has 162 valence electrons. The van der Waals surface area contributed by atoms with Crippen molar-refractivity contribution in [1.29, 1.82) is 0 Å². The first-order valence-corrected chi connectivity index (χ1v) is 11.4. The third-order valence-corrected chi connectivity index (χ3v) is 6.78. The number of nitrogens with one attached hydrogen (secondary N) is 2. The normalized spacial score (nSPS) is 17.5. The molecule has 0 saturated carbocycles. The largest absolute Gasteiger partial charge is 0.494 e. The van der Waals surface area contributed by atoms with Crippen molar-refractivity contribution in [2.45, 2.75) is 43.6 Å². The summed E-state index contributed by atoms with van der Waals surface area (Å²) < 4.78 is 7.44. The zero-order valence-corrected chi connectivity index (χ0v) is 19.1. The van der Waals surface area contributed by atoms with Crippen LogP contribution in [0.25, 0.3) is 0 Å². The molecule has 0 aliphatic carbocycles. The summed E-state index contributed by atoms with van der Waals surface area (Å²) in [6.45, 7) is 6.46. The lowest BCUT2D eigenvalue weighted by Crippen LogP contribution is -2.41. The van der Waals surface area contributed by atoms with Crippen LogP contribution < -0.4 is 15.5 Å². The number of aryl methyl sites for hydroxylation is 1. The molecular formula is C22H24ClN5O2S. The minimum absolute atomic E-state index is 0.131. The Morgan fingerprint density at radius 3 is 2.71 bits per heavy atom. The van der Waals surface area contributed by atoms with E-state index in [2.05, 4.69) is 20.9 Å². The number of carbonyl (C=O) groups excluding carboxylic acids is 1. The number of thioether (sulfide) groups is 1. The lowest BCUT2D eigenvalue weighted by Gasteiger charge is -2.33. The first-order chi connectivity index (χ1) is 15.0. The van der Waals surface area contributed by atoms with Crippen LogP contribution in [0.2, 0.25) is 5.02 Å². The highest BCUT2D eigenvalue weighted by Gasteiger charge is 2.37. The molecule has 0 unspecified atom stereocenters. The van der Waals surface area contributed by atoms with Crippen LogP contribution in [-0.4, -0.2) is 32.6 Å². The molecule has 31 heavy (non-hydrogen) atoms. The van der Waals surface area contributed by atoms with Crippen molar-refractivity contribution in [2.75, 3.05) is 17.3 Å². The molecule has 0 bridgehead atoms. The maximum atomic E-state index is 13.4. The van der Waals surface area contributed by atoms with Crippen LogP contribution in [0, 0.1) is 6.92 Å². The van der Waals surface area contributed by atoms with Gasteiger partial charge in [0.25, 0.3) is 0 Å². The molecule has 0 fully saturated rings. The smallest absolute Gasteiger partial charge is 0.240 e. The predicted molar refractivity (Wildman–Crippen MR) is 124 cm³/mol. The van der Waals surface area contributed by atoms with Gasteiger partial charge in [-0.15, -0.1) is 10.2 Å². The average molecular weight is 458 g/mol. The lowest BCUT2D eigenvalue weighted by atomic mass is 10.0. The van der Waals surface area contributed by atoms with E-state index in [1.54, 1.807) is 6.07 Å². The second-order valence-corrected chi connectivity index (χ2v) is 8.65. The van der Waals surface area contributed by atoms with Gasteiger partial charge in [0.05, 0.1) is 12.6 Å². The van der Waals surface area contributed by atoms with Crippen molar-refractivity contribution in [3.8, 4) is 5.75 Å². The van der Waals surface area contributed by atoms with Crippen molar-refractivity contribution in [3.63, 3.8) is 0 Å². The molecule has 1 amide bonds. The number of amides is 1. The Kier molecular flexibility index (Phi) is 6.38.